The molecule has 1 aromatic rings. The van der Waals surface area contributed by atoms with Crippen LogP contribution in [0.25, 0.3) is 0 Å². The third kappa shape index (κ3) is 3.75. The zero-order valence-electron chi connectivity index (χ0n) is 14.0. The first-order valence-corrected chi connectivity index (χ1v) is 8.46. The smallest absolute Gasteiger partial charge is 0.254 e. The number of likely N-dealkylation sites (tertiary alicyclic amines) is 2. The Balaban J connectivity index is 1.60. The van der Waals surface area contributed by atoms with Crippen molar-refractivity contribution >= 4 is 5.91 Å². The van der Waals surface area contributed by atoms with Crippen LogP contribution in [0, 0.1) is 6.92 Å². The average Bonchev–Trinajstić information content (AvgIpc) is 2.92. The van der Waals surface area contributed by atoms with Crippen LogP contribution < -0.4 is 0 Å². The van der Waals surface area contributed by atoms with Crippen LogP contribution in [-0.4, -0.2) is 65.1 Å². The van der Waals surface area contributed by atoms with E-state index in [0.717, 1.165) is 5.56 Å². The summed E-state index contributed by atoms with van der Waals surface area (Å²) < 4.78 is 26.5. The van der Waals surface area contributed by atoms with Gasteiger partial charge >= 0.3 is 0 Å². The van der Waals surface area contributed by atoms with E-state index in [1.165, 1.54) is 0 Å². The van der Waals surface area contributed by atoms with Gasteiger partial charge in [-0.3, -0.25) is 9.69 Å². The number of aliphatic hydroxyl groups is 1. The minimum absolute atomic E-state index is 0.0748. The molecule has 2 aliphatic rings. The van der Waals surface area contributed by atoms with Crippen molar-refractivity contribution < 1.29 is 18.7 Å². The predicted octanol–water partition coefficient (Wildman–Crippen LogP) is 2.30. The molecule has 0 spiro atoms. The van der Waals surface area contributed by atoms with Crippen molar-refractivity contribution in [3.63, 3.8) is 0 Å². The van der Waals surface area contributed by atoms with Gasteiger partial charge in [-0.1, -0.05) is 18.2 Å². The summed E-state index contributed by atoms with van der Waals surface area (Å²) in [5.74, 6) is -2.66. The van der Waals surface area contributed by atoms with E-state index in [-0.39, 0.29) is 25.3 Å². The third-order valence-corrected chi connectivity index (χ3v) is 5.10. The van der Waals surface area contributed by atoms with Gasteiger partial charge in [0.25, 0.3) is 11.8 Å². The molecule has 0 aliphatic carbocycles. The zero-order valence-corrected chi connectivity index (χ0v) is 14.0. The molecule has 2 aliphatic heterocycles. The minimum atomic E-state index is -2.58. The van der Waals surface area contributed by atoms with E-state index in [0.29, 0.717) is 38.2 Å². The number of hydrogen-bond acceptors (Lipinski definition) is 3. The van der Waals surface area contributed by atoms with Crippen LogP contribution in [-0.2, 0) is 0 Å². The normalized spacial score (nSPS) is 27.4. The molecule has 132 valence electrons. The van der Waals surface area contributed by atoms with Gasteiger partial charge in [0.2, 0.25) is 0 Å². The van der Waals surface area contributed by atoms with Crippen LogP contribution in [0.15, 0.2) is 24.3 Å². The summed E-state index contributed by atoms with van der Waals surface area (Å²) in [6, 6.07) is 7.40. The standard InChI is InChI=1S/C18H24F2N2O2/c1-14-4-2-3-5-15(14)16(23)22-11-6-17(24,13-22)12-21-9-7-18(19,20)8-10-21/h2-5,24H,6-13H2,1H3/t17-/m0/s1. The maximum absolute atomic E-state index is 13.2. The number of alkyl halides is 2. The van der Waals surface area contributed by atoms with E-state index in [4.69, 9.17) is 0 Å². The Bertz CT molecular complexity index is 613. The molecular formula is C18H24F2N2O2. The number of benzene rings is 1. The Morgan fingerprint density at radius 1 is 1.17 bits per heavy atom. The summed E-state index contributed by atoms with van der Waals surface area (Å²) in [5.41, 5.74) is 0.556. The molecule has 1 amide bonds. The van der Waals surface area contributed by atoms with Gasteiger partial charge in [0, 0.05) is 44.6 Å². The van der Waals surface area contributed by atoms with Crippen molar-refractivity contribution in [2.45, 2.75) is 37.7 Å². The molecule has 0 aromatic heterocycles. The summed E-state index contributed by atoms with van der Waals surface area (Å²) in [6.45, 7) is 3.58. The number of halogens is 2. The Labute approximate surface area is 141 Å². The number of nitrogens with zero attached hydrogens (tertiary/aromatic N) is 2. The van der Waals surface area contributed by atoms with Crippen molar-refractivity contribution in [1.29, 1.82) is 0 Å². The highest BCUT2D eigenvalue weighted by Gasteiger charge is 2.42. The summed E-state index contributed by atoms with van der Waals surface area (Å²) in [5, 5.41) is 10.8. The minimum Gasteiger partial charge on any atom is -0.387 e. The number of carbonyl (C=O) groups excluding carboxylic acids is 1. The van der Waals surface area contributed by atoms with Crippen molar-refractivity contribution in [2.75, 3.05) is 32.7 Å². The Morgan fingerprint density at radius 2 is 1.83 bits per heavy atom. The van der Waals surface area contributed by atoms with Gasteiger partial charge in [-0.2, -0.15) is 0 Å². The largest absolute Gasteiger partial charge is 0.387 e. The van der Waals surface area contributed by atoms with E-state index < -0.39 is 11.5 Å². The number of piperidine rings is 1. The van der Waals surface area contributed by atoms with Gasteiger partial charge in [0.1, 0.15) is 0 Å². The van der Waals surface area contributed by atoms with Crippen molar-refractivity contribution in [3.05, 3.63) is 35.4 Å². The van der Waals surface area contributed by atoms with Gasteiger partial charge in [-0.25, -0.2) is 8.78 Å². The SMILES string of the molecule is Cc1ccccc1C(=O)N1CC[C@](O)(CN2CCC(F)(F)CC2)C1. The van der Waals surface area contributed by atoms with Gasteiger partial charge < -0.3 is 10.0 Å². The fraction of sp³-hybridized carbons (Fsp3) is 0.611. The quantitative estimate of drug-likeness (QED) is 0.920. The van der Waals surface area contributed by atoms with Gasteiger partial charge in [0.05, 0.1) is 12.1 Å². The molecule has 0 saturated carbocycles. The molecule has 0 unspecified atom stereocenters. The highest BCUT2D eigenvalue weighted by atomic mass is 19.3. The molecule has 3 rings (SSSR count). The summed E-state index contributed by atoms with van der Waals surface area (Å²) >= 11 is 0. The van der Waals surface area contributed by atoms with E-state index >= 15 is 0 Å². The second-order valence-corrected chi connectivity index (χ2v) is 7.15. The first-order valence-electron chi connectivity index (χ1n) is 8.46. The second-order valence-electron chi connectivity index (χ2n) is 7.15. The molecule has 1 aromatic carbocycles. The molecule has 4 nitrogen and oxygen atoms in total. The van der Waals surface area contributed by atoms with Crippen LogP contribution in [0.5, 0.6) is 0 Å². The highest BCUT2D eigenvalue weighted by Crippen LogP contribution is 2.30. The van der Waals surface area contributed by atoms with Gasteiger partial charge in [0.15, 0.2) is 0 Å². The fourth-order valence-corrected chi connectivity index (χ4v) is 3.60. The lowest BCUT2D eigenvalue weighted by atomic mass is 9.99. The van der Waals surface area contributed by atoms with Crippen LogP contribution in [0.4, 0.5) is 8.78 Å². The summed E-state index contributed by atoms with van der Waals surface area (Å²) in [7, 11) is 0. The Hall–Kier alpha value is -1.53. The third-order valence-electron chi connectivity index (χ3n) is 5.10. The molecule has 2 fully saturated rings. The summed E-state index contributed by atoms with van der Waals surface area (Å²) in [6.07, 6.45) is 0.168. The van der Waals surface area contributed by atoms with E-state index in [1.54, 1.807) is 11.0 Å². The lowest BCUT2D eigenvalue weighted by molar-refractivity contribution is -0.0720. The van der Waals surface area contributed by atoms with Gasteiger partial charge in [-0.05, 0) is 25.0 Å². The number of rotatable bonds is 3. The van der Waals surface area contributed by atoms with Crippen LogP contribution in [0.2, 0.25) is 0 Å². The molecule has 2 heterocycles. The van der Waals surface area contributed by atoms with Crippen LogP contribution in [0.1, 0.15) is 35.2 Å². The maximum atomic E-state index is 13.2. The lowest BCUT2D eigenvalue weighted by Gasteiger charge is -2.36. The second kappa shape index (κ2) is 6.41. The maximum Gasteiger partial charge on any atom is 0.254 e. The monoisotopic (exact) mass is 338 g/mol. The molecule has 1 atom stereocenters. The van der Waals surface area contributed by atoms with E-state index in [9.17, 15) is 18.7 Å². The first-order chi connectivity index (χ1) is 11.3. The fourth-order valence-electron chi connectivity index (χ4n) is 3.60. The summed E-state index contributed by atoms with van der Waals surface area (Å²) in [4.78, 5) is 16.2. The number of amides is 1. The molecule has 6 heteroatoms. The number of aryl methyl sites for hydroxylation is 1. The van der Waals surface area contributed by atoms with Gasteiger partial charge in [-0.15, -0.1) is 0 Å². The molecule has 2 saturated heterocycles. The first kappa shape index (κ1) is 17.3. The van der Waals surface area contributed by atoms with E-state index in [2.05, 4.69) is 0 Å². The predicted molar refractivity (Wildman–Crippen MR) is 87.3 cm³/mol. The Morgan fingerprint density at radius 3 is 2.50 bits per heavy atom. The zero-order chi connectivity index (χ0) is 17.4. The molecule has 0 bridgehead atoms. The average molecular weight is 338 g/mol. The van der Waals surface area contributed by atoms with Crippen LogP contribution in [0.3, 0.4) is 0 Å². The lowest BCUT2D eigenvalue weighted by Crippen LogP contribution is -2.49. The number of hydrogen-bond donors (Lipinski definition) is 1. The van der Waals surface area contributed by atoms with Crippen molar-refractivity contribution in [3.8, 4) is 0 Å². The van der Waals surface area contributed by atoms with Crippen molar-refractivity contribution in [2.24, 2.45) is 0 Å². The highest BCUT2D eigenvalue weighted by molar-refractivity contribution is 5.95. The molecule has 1 N–H and O–H groups in total. The number of β-amino-alcohol motifs (C(OH)–C–C–N with tert-alkyl or cyclic N) is 1. The van der Waals surface area contributed by atoms with Crippen LogP contribution >= 0.6 is 0 Å². The Kier molecular flexibility index (Phi) is 4.62. The molecule has 24 heavy (non-hydrogen) atoms. The molecular weight excluding hydrogens is 314 g/mol. The number of carbonyl (C=O) groups is 1. The van der Waals surface area contributed by atoms with E-state index in [1.807, 2.05) is 30.0 Å². The molecule has 0 radical (unpaired) electrons. The van der Waals surface area contributed by atoms with Crippen molar-refractivity contribution in [1.82, 2.24) is 9.80 Å². The topological polar surface area (TPSA) is 43.8 Å².